The number of hydrogen-bond acceptors (Lipinski definition) is 4. The molecule has 1 aromatic rings. The zero-order valence-electron chi connectivity index (χ0n) is 9.57. The Kier molecular flexibility index (Phi) is 3.99. The van der Waals surface area contributed by atoms with E-state index in [-0.39, 0.29) is 18.1 Å². The summed E-state index contributed by atoms with van der Waals surface area (Å²) >= 11 is 6.11. The summed E-state index contributed by atoms with van der Waals surface area (Å²) < 4.78 is 4.97. The minimum Gasteiger partial charge on any atom is -0.465 e. The van der Waals surface area contributed by atoms with E-state index in [1.54, 1.807) is 6.92 Å². The van der Waals surface area contributed by atoms with E-state index >= 15 is 0 Å². The van der Waals surface area contributed by atoms with Gasteiger partial charge in [-0.05, 0) is 25.0 Å². The van der Waals surface area contributed by atoms with E-state index in [9.17, 15) is 4.79 Å². The molecule has 2 atom stereocenters. The molecule has 92 valence electrons. The standard InChI is InChI=1S/C12H15ClN2O2/c1-2-17-12(16)11-7-10(14-15-11)8-5-3-4-6-9(8)13/h3-6,10-11,14-15H,2,7H2,1H3. The van der Waals surface area contributed by atoms with Gasteiger partial charge >= 0.3 is 5.97 Å². The predicted octanol–water partition coefficient (Wildman–Crippen LogP) is 1.81. The summed E-state index contributed by atoms with van der Waals surface area (Å²) in [6, 6.07) is 7.35. The summed E-state index contributed by atoms with van der Waals surface area (Å²) in [5.74, 6) is -0.227. The van der Waals surface area contributed by atoms with E-state index < -0.39 is 0 Å². The maximum atomic E-state index is 11.5. The molecule has 1 aliphatic heterocycles. The van der Waals surface area contributed by atoms with Crippen molar-refractivity contribution in [3.63, 3.8) is 0 Å². The molecule has 1 aliphatic rings. The van der Waals surface area contributed by atoms with Gasteiger partial charge in [0.25, 0.3) is 0 Å². The summed E-state index contributed by atoms with van der Waals surface area (Å²) in [5, 5.41) is 0.705. The molecule has 0 aliphatic carbocycles. The van der Waals surface area contributed by atoms with Crippen molar-refractivity contribution in [3.05, 3.63) is 34.9 Å². The number of halogens is 1. The Morgan fingerprint density at radius 2 is 2.24 bits per heavy atom. The van der Waals surface area contributed by atoms with Gasteiger partial charge in [-0.2, -0.15) is 0 Å². The average molecular weight is 255 g/mol. The average Bonchev–Trinajstić information content (AvgIpc) is 2.79. The van der Waals surface area contributed by atoms with Crippen LogP contribution in [0.1, 0.15) is 24.9 Å². The molecular formula is C12H15ClN2O2. The van der Waals surface area contributed by atoms with Gasteiger partial charge in [0.2, 0.25) is 0 Å². The summed E-state index contributed by atoms with van der Waals surface area (Å²) in [5.41, 5.74) is 7.00. The third-order valence-corrected chi connectivity index (χ3v) is 3.10. The molecule has 17 heavy (non-hydrogen) atoms. The number of esters is 1. The van der Waals surface area contributed by atoms with E-state index in [4.69, 9.17) is 16.3 Å². The molecule has 4 nitrogen and oxygen atoms in total. The molecule has 2 unspecified atom stereocenters. The summed E-state index contributed by atoms with van der Waals surface area (Å²) in [7, 11) is 0. The first-order valence-corrected chi connectivity index (χ1v) is 6.02. The molecule has 1 saturated heterocycles. The highest BCUT2D eigenvalue weighted by Gasteiger charge is 2.31. The molecule has 0 bridgehead atoms. The fourth-order valence-electron chi connectivity index (χ4n) is 1.92. The van der Waals surface area contributed by atoms with Crippen LogP contribution < -0.4 is 10.9 Å². The van der Waals surface area contributed by atoms with Crippen LogP contribution in [0.5, 0.6) is 0 Å². The zero-order chi connectivity index (χ0) is 12.3. The number of carbonyl (C=O) groups excluding carboxylic acids is 1. The minimum atomic E-state index is -0.309. The van der Waals surface area contributed by atoms with Crippen LogP contribution in [0.25, 0.3) is 0 Å². The molecule has 2 N–H and O–H groups in total. The van der Waals surface area contributed by atoms with Gasteiger partial charge in [0.15, 0.2) is 0 Å². The first-order chi connectivity index (χ1) is 8.22. The SMILES string of the molecule is CCOC(=O)C1CC(c2ccccc2Cl)NN1. The van der Waals surface area contributed by atoms with Crippen LogP contribution in [0.4, 0.5) is 0 Å². The molecule has 0 saturated carbocycles. The molecule has 2 rings (SSSR count). The van der Waals surface area contributed by atoms with Crippen LogP contribution in [-0.4, -0.2) is 18.6 Å². The molecule has 0 radical (unpaired) electrons. The first-order valence-electron chi connectivity index (χ1n) is 5.64. The smallest absolute Gasteiger partial charge is 0.324 e. The number of benzene rings is 1. The van der Waals surface area contributed by atoms with E-state index in [0.29, 0.717) is 18.1 Å². The molecule has 1 aromatic carbocycles. The van der Waals surface area contributed by atoms with Gasteiger partial charge in [0, 0.05) is 11.1 Å². The van der Waals surface area contributed by atoms with Crippen molar-refractivity contribution in [2.45, 2.75) is 25.4 Å². The molecule has 1 fully saturated rings. The Morgan fingerprint density at radius 1 is 1.47 bits per heavy atom. The van der Waals surface area contributed by atoms with E-state index in [1.165, 1.54) is 0 Å². The van der Waals surface area contributed by atoms with Gasteiger partial charge in [0.05, 0.1) is 6.61 Å². The Balaban J connectivity index is 2.03. The Morgan fingerprint density at radius 3 is 2.94 bits per heavy atom. The number of hydrazine groups is 1. The van der Waals surface area contributed by atoms with Gasteiger partial charge in [-0.3, -0.25) is 4.79 Å². The van der Waals surface area contributed by atoms with Crippen molar-refractivity contribution in [2.75, 3.05) is 6.61 Å². The number of ether oxygens (including phenoxy) is 1. The summed E-state index contributed by atoms with van der Waals surface area (Å²) in [4.78, 5) is 11.5. The van der Waals surface area contributed by atoms with Crippen LogP contribution in [0.3, 0.4) is 0 Å². The minimum absolute atomic E-state index is 0.0399. The Bertz CT molecular complexity index is 411. The molecular weight excluding hydrogens is 240 g/mol. The van der Waals surface area contributed by atoms with Gasteiger partial charge in [0.1, 0.15) is 6.04 Å². The van der Waals surface area contributed by atoms with Gasteiger partial charge in [-0.25, -0.2) is 10.9 Å². The highest BCUT2D eigenvalue weighted by atomic mass is 35.5. The fourth-order valence-corrected chi connectivity index (χ4v) is 2.18. The van der Waals surface area contributed by atoms with Gasteiger partial charge in [-0.15, -0.1) is 0 Å². The van der Waals surface area contributed by atoms with Crippen molar-refractivity contribution in [2.24, 2.45) is 0 Å². The maximum Gasteiger partial charge on any atom is 0.324 e. The fraction of sp³-hybridized carbons (Fsp3) is 0.417. The topological polar surface area (TPSA) is 50.4 Å². The van der Waals surface area contributed by atoms with Crippen molar-refractivity contribution < 1.29 is 9.53 Å². The highest BCUT2D eigenvalue weighted by Crippen LogP contribution is 2.28. The van der Waals surface area contributed by atoms with Crippen LogP contribution in [0.2, 0.25) is 5.02 Å². The summed E-state index contributed by atoms with van der Waals surface area (Å²) in [6.07, 6.45) is 0.641. The van der Waals surface area contributed by atoms with Crippen molar-refractivity contribution in [1.29, 1.82) is 0 Å². The van der Waals surface area contributed by atoms with Crippen LogP contribution in [0.15, 0.2) is 24.3 Å². The Labute approximate surface area is 105 Å². The van der Waals surface area contributed by atoms with Gasteiger partial charge < -0.3 is 4.74 Å². The number of carbonyl (C=O) groups is 1. The monoisotopic (exact) mass is 254 g/mol. The van der Waals surface area contributed by atoms with Crippen molar-refractivity contribution >= 4 is 17.6 Å². The Hall–Kier alpha value is -1.10. The van der Waals surface area contributed by atoms with E-state index in [1.807, 2.05) is 24.3 Å². The highest BCUT2D eigenvalue weighted by molar-refractivity contribution is 6.31. The predicted molar refractivity (Wildman–Crippen MR) is 65.5 cm³/mol. The van der Waals surface area contributed by atoms with Crippen molar-refractivity contribution in [1.82, 2.24) is 10.9 Å². The lowest BCUT2D eigenvalue weighted by molar-refractivity contribution is -0.145. The molecule has 0 spiro atoms. The third kappa shape index (κ3) is 2.77. The number of nitrogens with one attached hydrogen (secondary N) is 2. The van der Waals surface area contributed by atoms with Crippen LogP contribution in [-0.2, 0) is 9.53 Å². The largest absolute Gasteiger partial charge is 0.465 e. The second kappa shape index (κ2) is 5.49. The normalized spacial score (nSPS) is 23.6. The van der Waals surface area contributed by atoms with Crippen molar-refractivity contribution in [3.8, 4) is 0 Å². The maximum absolute atomic E-state index is 11.5. The first kappa shape index (κ1) is 12.4. The quantitative estimate of drug-likeness (QED) is 0.808. The lowest BCUT2D eigenvalue weighted by Crippen LogP contribution is -2.37. The van der Waals surface area contributed by atoms with Crippen LogP contribution >= 0.6 is 11.6 Å². The number of hydrogen-bond donors (Lipinski definition) is 2. The van der Waals surface area contributed by atoms with E-state index in [0.717, 1.165) is 5.56 Å². The second-order valence-electron chi connectivity index (χ2n) is 3.90. The third-order valence-electron chi connectivity index (χ3n) is 2.75. The van der Waals surface area contributed by atoms with E-state index in [2.05, 4.69) is 10.9 Å². The lowest BCUT2D eigenvalue weighted by Gasteiger charge is -2.11. The number of rotatable bonds is 3. The summed E-state index contributed by atoms with van der Waals surface area (Å²) in [6.45, 7) is 2.19. The molecule has 0 amide bonds. The zero-order valence-corrected chi connectivity index (χ0v) is 10.3. The van der Waals surface area contributed by atoms with Gasteiger partial charge in [-0.1, -0.05) is 29.8 Å². The second-order valence-corrected chi connectivity index (χ2v) is 4.31. The molecule has 0 aromatic heterocycles. The lowest BCUT2D eigenvalue weighted by atomic mass is 10.0. The molecule has 5 heteroatoms. The van der Waals surface area contributed by atoms with Crippen LogP contribution in [0, 0.1) is 0 Å². The molecule has 1 heterocycles.